The summed E-state index contributed by atoms with van der Waals surface area (Å²) in [4.78, 5) is 22.4. The van der Waals surface area contributed by atoms with Crippen molar-refractivity contribution in [3.8, 4) is 0 Å². The van der Waals surface area contributed by atoms with Gasteiger partial charge in [0.1, 0.15) is 12.4 Å². The van der Waals surface area contributed by atoms with Crippen LogP contribution in [0.4, 0.5) is 10.1 Å². The molecule has 2 rings (SSSR count). The van der Waals surface area contributed by atoms with Gasteiger partial charge in [0.15, 0.2) is 5.69 Å². The zero-order valence-corrected chi connectivity index (χ0v) is 10.6. The van der Waals surface area contributed by atoms with Crippen LogP contribution in [0.15, 0.2) is 30.5 Å². The van der Waals surface area contributed by atoms with E-state index in [1.54, 1.807) is 19.1 Å². The Hall–Kier alpha value is -2.70. The number of benzene rings is 1. The average molecular weight is 277 g/mol. The number of nitrogens with one attached hydrogen (secondary N) is 1. The van der Waals surface area contributed by atoms with Gasteiger partial charge in [0.25, 0.3) is 0 Å². The molecule has 0 aliphatic heterocycles. The van der Waals surface area contributed by atoms with Crippen LogP contribution in [0.2, 0.25) is 0 Å². The van der Waals surface area contributed by atoms with Crippen molar-refractivity contribution >= 4 is 17.6 Å². The number of carboxylic acid groups (broad SMARTS) is 1. The van der Waals surface area contributed by atoms with Crippen LogP contribution in [0.3, 0.4) is 0 Å². The minimum absolute atomic E-state index is 0.140. The molecule has 7 heteroatoms. The molecule has 2 aromatic rings. The van der Waals surface area contributed by atoms with Crippen molar-refractivity contribution < 1.29 is 19.1 Å². The molecule has 20 heavy (non-hydrogen) atoms. The van der Waals surface area contributed by atoms with Gasteiger partial charge in [-0.05, 0) is 30.7 Å². The van der Waals surface area contributed by atoms with Crippen LogP contribution < -0.4 is 5.32 Å². The topological polar surface area (TPSA) is 84.2 Å². The maximum Gasteiger partial charge on any atom is 0.356 e. The lowest BCUT2D eigenvalue weighted by Crippen LogP contribution is -2.19. The van der Waals surface area contributed by atoms with Crippen molar-refractivity contribution in [3.63, 3.8) is 0 Å². The van der Waals surface area contributed by atoms with Crippen LogP contribution >= 0.6 is 0 Å². The molecule has 1 amide bonds. The second-order valence-corrected chi connectivity index (χ2v) is 4.22. The number of aromatic carboxylic acids is 1. The third-order valence-corrected chi connectivity index (χ3v) is 2.62. The van der Waals surface area contributed by atoms with E-state index in [1.165, 1.54) is 23.0 Å². The van der Waals surface area contributed by atoms with E-state index in [1.807, 2.05) is 0 Å². The number of anilines is 1. The van der Waals surface area contributed by atoms with Crippen molar-refractivity contribution in [1.29, 1.82) is 0 Å². The van der Waals surface area contributed by atoms with Gasteiger partial charge >= 0.3 is 5.97 Å². The molecule has 0 atom stereocenters. The summed E-state index contributed by atoms with van der Waals surface area (Å²) < 4.78 is 14.5. The van der Waals surface area contributed by atoms with E-state index < -0.39 is 17.7 Å². The molecule has 6 nitrogen and oxygen atoms in total. The highest BCUT2D eigenvalue weighted by Crippen LogP contribution is 2.13. The molecule has 1 aromatic heterocycles. The fraction of sp³-hybridized carbons (Fsp3) is 0.154. The number of amides is 1. The van der Waals surface area contributed by atoms with Crippen molar-refractivity contribution in [2.24, 2.45) is 0 Å². The zero-order valence-electron chi connectivity index (χ0n) is 10.6. The number of nitrogens with zero attached hydrogens (tertiary/aromatic N) is 2. The third kappa shape index (κ3) is 3.19. The highest BCUT2D eigenvalue weighted by Gasteiger charge is 2.10. The summed E-state index contributed by atoms with van der Waals surface area (Å²) >= 11 is 0. The number of carbonyl (C=O) groups is 2. The summed E-state index contributed by atoms with van der Waals surface area (Å²) in [6.45, 7) is 1.47. The number of rotatable bonds is 4. The zero-order chi connectivity index (χ0) is 14.7. The van der Waals surface area contributed by atoms with Crippen molar-refractivity contribution in [2.45, 2.75) is 13.5 Å². The Balaban J connectivity index is 2.01. The molecule has 0 aliphatic carbocycles. The summed E-state index contributed by atoms with van der Waals surface area (Å²) in [5.74, 6) is -1.99. The molecule has 0 saturated heterocycles. The van der Waals surface area contributed by atoms with E-state index in [-0.39, 0.29) is 12.2 Å². The van der Waals surface area contributed by atoms with Gasteiger partial charge in [0.2, 0.25) is 5.91 Å². The first-order valence-electron chi connectivity index (χ1n) is 5.78. The first-order valence-corrected chi connectivity index (χ1v) is 5.78. The van der Waals surface area contributed by atoms with Gasteiger partial charge in [-0.1, -0.05) is 6.07 Å². The number of hydrogen-bond acceptors (Lipinski definition) is 3. The van der Waals surface area contributed by atoms with E-state index >= 15 is 0 Å². The van der Waals surface area contributed by atoms with Crippen LogP contribution in [0.1, 0.15) is 16.1 Å². The standard InChI is InChI=1S/C13H12FN3O3/c1-8-2-3-9(6-10(8)14)15-12(18)7-17-5-4-11(16-17)13(19)20/h2-6H,7H2,1H3,(H,15,18)(H,19,20). The molecule has 1 heterocycles. The van der Waals surface area contributed by atoms with E-state index in [4.69, 9.17) is 5.11 Å². The molecule has 104 valence electrons. The summed E-state index contributed by atoms with van der Waals surface area (Å²) in [6, 6.07) is 5.66. The summed E-state index contributed by atoms with van der Waals surface area (Å²) in [5.41, 5.74) is 0.684. The molecule has 0 radical (unpaired) electrons. The molecule has 0 saturated carbocycles. The molecule has 2 N–H and O–H groups in total. The van der Waals surface area contributed by atoms with E-state index in [2.05, 4.69) is 10.4 Å². The summed E-state index contributed by atoms with van der Waals surface area (Å²) in [5, 5.41) is 14.9. The largest absolute Gasteiger partial charge is 0.476 e. The first-order chi connectivity index (χ1) is 9.45. The molecule has 0 unspecified atom stereocenters. The van der Waals surface area contributed by atoms with Crippen molar-refractivity contribution in [1.82, 2.24) is 9.78 Å². The highest BCUT2D eigenvalue weighted by atomic mass is 19.1. The van der Waals surface area contributed by atoms with Gasteiger partial charge in [0, 0.05) is 11.9 Å². The lowest BCUT2D eigenvalue weighted by Gasteiger charge is -2.06. The number of aryl methyl sites for hydroxylation is 1. The van der Waals surface area contributed by atoms with Gasteiger partial charge in [-0.25, -0.2) is 9.18 Å². The first kappa shape index (κ1) is 13.7. The molecular weight excluding hydrogens is 265 g/mol. The molecule has 0 spiro atoms. The van der Waals surface area contributed by atoms with Crippen molar-refractivity contribution in [3.05, 3.63) is 47.5 Å². The van der Waals surface area contributed by atoms with Gasteiger partial charge in [-0.2, -0.15) is 5.10 Å². The van der Waals surface area contributed by atoms with Crippen molar-refractivity contribution in [2.75, 3.05) is 5.32 Å². The Morgan fingerprint density at radius 1 is 1.40 bits per heavy atom. The molecule has 0 aliphatic rings. The monoisotopic (exact) mass is 277 g/mol. The van der Waals surface area contributed by atoms with Gasteiger partial charge in [0.05, 0.1) is 0 Å². The van der Waals surface area contributed by atoms with E-state index in [0.29, 0.717) is 11.3 Å². The Morgan fingerprint density at radius 3 is 2.75 bits per heavy atom. The van der Waals surface area contributed by atoms with Gasteiger partial charge < -0.3 is 10.4 Å². The smallest absolute Gasteiger partial charge is 0.356 e. The predicted octanol–water partition coefficient (Wildman–Crippen LogP) is 1.67. The van der Waals surface area contributed by atoms with E-state index in [9.17, 15) is 14.0 Å². The Labute approximate surface area is 113 Å². The number of carboxylic acids is 1. The summed E-state index contributed by atoms with van der Waals surface area (Å²) in [7, 11) is 0. The van der Waals surface area contributed by atoms with Crippen LogP contribution in [0, 0.1) is 12.7 Å². The number of aromatic nitrogens is 2. The maximum absolute atomic E-state index is 13.3. The highest BCUT2D eigenvalue weighted by molar-refractivity contribution is 5.90. The van der Waals surface area contributed by atoms with Gasteiger partial charge in [-0.15, -0.1) is 0 Å². The lowest BCUT2D eigenvalue weighted by atomic mass is 10.2. The fourth-order valence-electron chi connectivity index (χ4n) is 1.58. The van der Waals surface area contributed by atoms with E-state index in [0.717, 1.165) is 0 Å². The van der Waals surface area contributed by atoms with Crippen LogP contribution in [-0.2, 0) is 11.3 Å². The predicted molar refractivity (Wildman–Crippen MR) is 69.0 cm³/mol. The second-order valence-electron chi connectivity index (χ2n) is 4.22. The Morgan fingerprint density at radius 2 is 2.15 bits per heavy atom. The number of carbonyl (C=O) groups excluding carboxylic acids is 1. The normalized spacial score (nSPS) is 10.3. The Bertz CT molecular complexity index is 667. The Kier molecular flexibility index (Phi) is 3.79. The molecular formula is C13H12FN3O3. The molecule has 0 bridgehead atoms. The SMILES string of the molecule is Cc1ccc(NC(=O)Cn2ccc(C(=O)O)n2)cc1F. The number of hydrogen-bond donors (Lipinski definition) is 2. The maximum atomic E-state index is 13.3. The third-order valence-electron chi connectivity index (χ3n) is 2.62. The molecule has 1 aromatic carbocycles. The minimum Gasteiger partial charge on any atom is -0.476 e. The van der Waals surface area contributed by atoms with Crippen LogP contribution in [0.5, 0.6) is 0 Å². The van der Waals surface area contributed by atoms with Crippen LogP contribution in [0.25, 0.3) is 0 Å². The van der Waals surface area contributed by atoms with Gasteiger partial charge in [-0.3, -0.25) is 9.48 Å². The average Bonchev–Trinajstić information content (AvgIpc) is 2.82. The molecule has 0 fully saturated rings. The van der Waals surface area contributed by atoms with Crippen LogP contribution in [-0.4, -0.2) is 26.8 Å². The lowest BCUT2D eigenvalue weighted by molar-refractivity contribution is -0.116. The second kappa shape index (κ2) is 5.52. The fourth-order valence-corrected chi connectivity index (χ4v) is 1.58. The number of halogens is 1. The quantitative estimate of drug-likeness (QED) is 0.890. The minimum atomic E-state index is -1.16. The summed E-state index contributed by atoms with van der Waals surface area (Å²) in [6.07, 6.45) is 1.39.